The predicted molar refractivity (Wildman–Crippen MR) is 72.9 cm³/mol. The molecule has 3 amide bonds. The molecule has 0 aromatic carbocycles. The maximum absolute atomic E-state index is 11.8. The van der Waals surface area contributed by atoms with E-state index in [1.807, 2.05) is 0 Å². The lowest BCUT2D eigenvalue weighted by Gasteiger charge is -2.40. The van der Waals surface area contributed by atoms with Crippen molar-refractivity contribution in [3.63, 3.8) is 0 Å². The SMILES string of the molecule is CC(C)C(NC(=O)NCC1(CC(=O)O)CCC1)C(N)=O. The molecule has 0 bridgehead atoms. The molecule has 0 aromatic heterocycles. The van der Waals surface area contributed by atoms with Crippen LogP contribution in [-0.2, 0) is 9.59 Å². The fourth-order valence-electron chi connectivity index (χ4n) is 2.44. The van der Waals surface area contributed by atoms with Gasteiger partial charge in [0.25, 0.3) is 0 Å². The van der Waals surface area contributed by atoms with Crippen molar-refractivity contribution < 1.29 is 19.5 Å². The van der Waals surface area contributed by atoms with Crippen LogP contribution in [-0.4, -0.2) is 35.6 Å². The number of primary amides is 1. The highest BCUT2D eigenvalue weighted by molar-refractivity contribution is 5.86. The van der Waals surface area contributed by atoms with Gasteiger partial charge in [-0.3, -0.25) is 9.59 Å². The minimum absolute atomic E-state index is 0.0523. The number of aliphatic carboxylic acids is 1. The van der Waals surface area contributed by atoms with Crippen LogP contribution in [0.1, 0.15) is 39.5 Å². The summed E-state index contributed by atoms with van der Waals surface area (Å²) in [6.45, 7) is 3.87. The average Bonchev–Trinajstić information content (AvgIpc) is 2.28. The summed E-state index contributed by atoms with van der Waals surface area (Å²) < 4.78 is 0. The summed E-state index contributed by atoms with van der Waals surface area (Å²) in [5.74, 6) is -1.54. The number of carboxylic acid groups (broad SMARTS) is 1. The number of carbonyl (C=O) groups is 3. The van der Waals surface area contributed by atoms with Crippen LogP contribution < -0.4 is 16.4 Å². The Hall–Kier alpha value is -1.79. The molecule has 7 nitrogen and oxygen atoms in total. The number of urea groups is 1. The van der Waals surface area contributed by atoms with E-state index in [1.165, 1.54) is 0 Å². The lowest BCUT2D eigenvalue weighted by Crippen LogP contribution is -2.53. The van der Waals surface area contributed by atoms with Gasteiger partial charge in [-0.1, -0.05) is 20.3 Å². The molecule has 1 saturated carbocycles. The molecule has 1 rings (SSSR count). The summed E-state index contributed by atoms with van der Waals surface area (Å²) >= 11 is 0. The quantitative estimate of drug-likeness (QED) is 0.542. The zero-order valence-electron chi connectivity index (χ0n) is 11.9. The zero-order valence-corrected chi connectivity index (χ0v) is 11.9. The average molecular weight is 285 g/mol. The molecular formula is C13H23N3O4. The Bertz CT molecular complexity index is 391. The first kappa shape index (κ1) is 16.3. The second-order valence-corrected chi connectivity index (χ2v) is 5.88. The Morgan fingerprint density at radius 2 is 1.90 bits per heavy atom. The topological polar surface area (TPSA) is 122 Å². The Balaban J connectivity index is 2.46. The number of nitrogens with two attached hydrogens (primary N) is 1. The van der Waals surface area contributed by atoms with Crippen LogP contribution in [0.2, 0.25) is 0 Å². The summed E-state index contributed by atoms with van der Waals surface area (Å²) in [5, 5.41) is 14.0. The van der Waals surface area contributed by atoms with Crippen LogP contribution >= 0.6 is 0 Å². The van der Waals surface area contributed by atoms with E-state index in [9.17, 15) is 14.4 Å². The van der Waals surface area contributed by atoms with Crippen LogP contribution in [0.25, 0.3) is 0 Å². The summed E-state index contributed by atoms with van der Waals surface area (Å²) in [6, 6.07) is -1.22. The van der Waals surface area contributed by atoms with E-state index in [1.54, 1.807) is 13.8 Å². The van der Waals surface area contributed by atoms with Crippen molar-refractivity contribution in [2.75, 3.05) is 6.54 Å². The number of carbonyl (C=O) groups excluding carboxylic acids is 2. The number of amides is 3. The van der Waals surface area contributed by atoms with Crippen molar-refractivity contribution in [1.82, 2.24) is 10.6 Å². The van der Waals surface area contributed by atoms with Gasteiger partial charge in [0.1, 0.15) is 6.04 Å². The van der Waals surface area contributed by atoms with Crippen LogP contribution in [0.15, 0.2) is 0 Å². The second-order valence-electron chi connectivity index (χ2n) is 5.88. The summed E-state index contributed by atoms with van der Waals surface area (Å²) in [5.41, 5.74) is 4.87. The molecule has 1 fully saturated rings. The van der Waals surface area contributed by atoms with Crippen LogP contribution in [0.5, 0.6) is 0 Å². The Labute approximate surface area is 118 Å². The maximum atomic E-state index is 11.8. The molecule has 20 heavy (non-hydrogen) atoms. The van der Waals surface area contributed by atoms with E-state index in [2.05, 4.69) is 10.6 Å². The molecule has 0 radical (unpaired) electrons. The fourth-order valence-corrected chi connectivity index (χ4v) is 2.44. The van der Waals surface area contributed by atoms with Gasteiger partial charge < -0.3 is 21.5 Å². The molecule has 1 aliphatic rings. The minimum Gasteiger partial charge on any atom is -0.481 e. The first-order chi connectivity index (χ1) is 9.26. The Morgan fingerprint density at radius 3 is 2.25 bits per heavy atom. The molecule has 1 aliphatic carbocycles. The van der Waals surface area contributed by atoms with E-state index in [-0.39, 0.29) is 17.8 Å². The summed E-state index contributed by atoms with van der Waals surface area (Å²) in [6.07, 6.45) is 2.62. The van der Waals surface area contributed by atoms with Gasteiger partial charge in [0.05, 0.1) is 6.42 Å². The fraction of sp³-hybridized carbons (Fsp3) is 0.769. The molecule has 7 heteroatoms. The van der Waals surface area contributed by atoms with Gasteiger partial charge in [-0.05, 0) is 24.2 Å². The maximum Gasteiger partial charge on any atom is 0.315 e. The van der Waals surface area contributed by atoms with Crippen LogP contribution in [0.3, 0.4) is 0 Å². The lowest BCUT2D eigenvalue weighted by molar-refractivity contribution is -0.141. The minimum atomic E-state index is -0.857. The molecule has 0 heterocycles. The molecule has 1 unspecified atom stereocenters. The molecular weight excluding hydrogens is 262 g/mol. The number of rotatable bonds is 7. The number of nitrogens with one attached hydrogen (secondary N) is 2. The lowest BCUT2D eigenvalue weighted by atomic mass is 9.66. The molecule has 0 aromatic rings. The van der Waals surface area contributed by atoms with Crippen molar-refractivity contribution in [2.45, 2.75) is 45.6 Å². The molecule has 1 atom stereocenters. The monoisotopic (exact) mass is 285 g/mol. The highest BCUT2D eigenvalue weighted by atomic mass is 16.4. The van der Waals surface area contributed by atoms with Crippen molar-refractivity contribution in [2.24, 2.45) is 17.1 Å². The molecule has 0 saturated heterocycles. The van der Waals surface area contributed by atoms with Gasteiger partial charge in [0.2, 0.25) is 5.91 Å². The first-order valence-electron chi connectivity index (χ1n) is 6.81. The van der Waals surface area contributed by atoms with Gasteiger partial charge in [-0.2, -0.15) is 0 Å². The predicted octanol–water partition coefficient (Wildman–Crippen LogP) is 0.441. The van der Waals surface area contributed by atoms with Crippen LogP contribution in [0.4, 0.5) is 4.79 Å². The van der Waals surface area contributed by atoms with E-state index in [0.717, 1.165) is 19.3 Å². The second kappa shape index (κ2) is 6.58. The van der Waals surface area contributed by atoms with Crippen LogP contribution in [0, 0.1) is 11.3 Å². The van der Waals surface area contributed by atoms with Gasteiger partial charge in [0, 0.05) is 6.54 Å². The van der Waals surface area contributed by atoms with Crippen molar-refractivity contribution in [3.05, 3.63) is 0 Å². The van der Waals surface area contributed by atoms with Crippen molar-refractivity contribution in [1.29, 1.82) is 0 Å². The van der Waals surface area contributed by atoms with E-state index < -0.39 is 23.9 Å². The van der Waals surface area contributed by atoms with Gasteiger partial charge in [-0.15, -0.1) is 0 Å². The third kappa shape index (κ3) is 4.40. The van der Waals surface area contributed by atoms with Crippen molar-refractivity contribution >= 4 is 17.9 Å². The van der Waals surface area contributed by atoms with Crippen molar-refractivity contribution in [3.8, 4) is 0 Å². The molecule has 0 aliphatic heterocycles. The smallest absolute Gasteiger partial charge is 0.315 e. The normalized spacial score (nSPS) is 17.9. The third-order valence-electron chi connectivity index (χ3n) is 3.82. The summed E-state index contributed by atoms with van der Waals surface area (Å²) in [7, 11) is 0. The molecule has 0 spiro atoms. The number of hydrogen-bond acceptors (Lipinski definition) is 3. The Morgan fingerprint density at radius 1 is 1.30 bits per heavy atom. The number of hydrogen-bond donors (Lipinski definition) is 4. The standard InChI is InChI=1S/C13H23N3O4/c1-8(2)10(11(14)19)16-12(20)15-7-13(4-3-5-13)6-9(17)18/h8,10H,3-7H2,1-2H3,(H2,14,19)(H,17,18)(H2,15,16,20). The Kier molecular flexibility index (Phi) is 5.35. The first-order valence-corrected chi connectivity index (χ1v) is 6.81. The van der Waals surface area contributed by atoms with E-state index in [0.29, 0.717) is 6.54 Å². The number of carboxylic acids is 1. The highest BCUT2D eigenvalue weighted by Gasteiger charge is 2.39. The van der Waals surface area contributed by atoms with Gasteiger partial charge in [0.15, 0.2) is 0 Å². The van der Waals surface area contributed by atoms with Gasteiger partial charge >= 0.3 is 12.0 Å². The van der Waals surface area contributed by atoms with E-state index >= 15 is 0 Å². The summed E-state index contributed by atoms with van der Waals surface area (Å²) in [4.78, 5) is 33.8. The zero-order chi connectivity index (χ0) is 15.3. The van der Waals surface area contributed by atoms with E-state index in [4.69, 9.17) is 10.8 Å². The third-order valence-corrected chi connectivity index (χ3v) is 3.82. The largest absolute Gasteiger partial charge is 0.481 e. The molecule has 114 valence electrons. The van der Waals surface area contributed by atoms with Gasteiger partial charge in [-0.25, -0.2) is 4.79 Å². The molecule has 5 N–H and O–H groups in total. The highest BCUT2D eigenvalue weighted by Crippen LogP contribution is 2.43.